The van der Waals surface area contributed by atoms with Crippen molar-refractivity contribution in [2.24, 2.45) is 5.14 Å². The molecule has 0 saturated carbocycles. The third-order valence-electron chi connectivity index (χ3n) is 2.30. The maximum Gasteiger partial charge on any atom is 0.241 e. The van der Waals surface area contributed by atoms with Gasteiger partial charge in [-0.05, 0) is 30.5 Å². The van der Waals surface area contributed by atoms with E-state index in [1.54, 1.807) is 6.07 Å². The van der Waals surface area contributed by atoms with Crippen molar-refractivity contribution in [1.29, 1.82) is 0 Å². The van der Waals surface area contributed by atoms with Gasteiger partial charge in [0.2, 0.25) is 10.0 Å². The van der Waals surface area contributed by atoms with Crippen molar-refractivity contribution in [2.75, 3.05) is 12.3 Å². The number of primary sulfonamides is 1. The van der Waals surface area contributed by atoms with Crippen molar-refractivity contribution < 1.29 is 13.2 Å². The number of anilines is 1. The highest BCUT2D eigenvalue weighted by Gasteiger charge is 2.22. The molecule has 1 aromatic carbocycles. The van der Waals surface area contributed by atoms with Gasteiger partial charge in [0.25, 0.3) is 0 Å². The van der Waals surface area contributed by atoms with E-state index in [0.29, 0.717) is 18.0 Å². The van der Waals surface area contributed by atoms with Crippen molar-refractivity contribution >= 4 is 15.7 Å². The average Bonchev–Trinajstić information content (AvgIpc) is 2.15. The van der Waals surface area contributed by atoms with Gasteiger partial charge in [-0.2, -0.15) is 0 Å². The lowest BCUT2D eigenvalue weighted by molar-refractivity contribution is 0.280. The van der Waals surface area contributed by atoms with Crippen molar-refractivity contribution in [3.63, 3.8) is 0 Å². The molecule has 0 saturated heterocycles. The Morgan fingerprint density at radius 2 is 2.07 bits per heavy atom. The number of ether oxygens (including phenoxy) is 1. The van der Waals surface area contributed by atoms with Gasteiger partial charge in [0.05, 0.1) is 6.61 Å². The van der Waals surface area contributed by atoms with Gasteiger partial charge < -0.3 is 10.5 Å². The zero-order chi connectivity index (χ0) is 11.1. The normalized spacial score (nSPS) is 15.5. The Morgan fingerprint density at radius 1 is 1.33 bits per heavy atom. The number of nitrogen functional groups attached to an aromatic ring is 1. The average molecular weight is 228 g/mol. The monoisotopic (exact) mass is 228 g/mol. The predicted octanol–water partition coefficient (Wildman–Crippen LogP) is 0.241. The Morgan fingerprint density at radius 3 is 2.73 bits per heavy atom. The third kappa shape index (κ3) is 1.91. The van der Waals surface area contributed by atoms with Crippen LogP contribution in [0, 0.1) is 0 Å². The molecule has 0 unspecified atom stereocenters. The number of fused-ring (bicyclic) bond motifs is 1. The molecule has 0 spiro atoms. The van der Waals surface area contributed by atoms with Crippen LogP contribution in [0.25, 0.3) is 0 Å². The fraction of sp³-hybridized carbons (Fsp3) is 0.333. The predicted molar refractivity (Wildman–Crippen MR) is 56.0 cm³/mol. The molecule has 5 nitrogen and oxygen atoms in total. The summed E-state index contributed by atoms with van der Waals surface area (Å²) in [5.41, 5.74) is 6.81. The maximum absolute atomic E-state index is 11.3. The first kappa shape index (κ1) is 10.3. The smallest absolute Gasteiger partial charge is 0.241 e. The zero-order valence-corrected chi connectivity index (χ0v) is 8.88. The molecular weight excluding hydrogens is 216 g/mol. The number of aryl methyl sites for hydroxylation is 1. The van der Waals surface area contributed by atoms with E-state index in [9.17, 15) is 8.42 Å². The van der Waals surface area contributed by atoms with Crippen LogP contribution in [0.15, 0.2) is 17.0 Å². The highest BCUT2D eigenvalue weighted by molar-refractivity contribution is 7.89. The van der Waals surface area contributed by atoms with E-state index in [4.69, 9.17) is 15.6 Å². The van der Waals surface area contributed by atoms with Crippen LogP contribution in [0.1, 0.15) is 12.0 Å². The van der Waals surface area contributed by atoms with E-state index >= 15 is 0 Å². The molecule has 0 atom stereocenters. The second-order valence-electron chi connectivity index (χ2n) is 3.50. The lowest BCUT2D eigenvalue weighted by Gasteiger charge is -2.20. The topological polar surface area (TPSA) is 95.4 Å². The molecule has 82 valence electrons. The number of hydrogen-bond acceptors (Lipinski definition) is 4. The Kier molecular flexibility index (Phi) is 2.32. The summed E-state index contributed by atoms with van der Waals surface area (Å²) >= 11 is 0. The van der Waals surface area contributed by atoms with Gasteiger partial charge in [-0.15, -0.1) is 0 Å². The summed E-state index contributed by atoms with van der Waals surface area (Å²) < 4.78 is 27.9. The van der Waals surface area contributed by atoms with Gasteiger partial charge in [-0.25, -0.2) is 13.6 Å². The lowest BCUT2D eigenvalue weighted by atomic mass is 10.1. The van der Waals surface area contributed by atoms with Crippen LogP contribution >= 0.6 is 0 Å². The van der Waals surface area contributed by atoms with E-state index in [1.165, 1.54) is 6.07 Å². The van der Waals surface area contributed by atoms with Gasteiger partial charge in [-0.1, -0.05) is 0 Å². The minimum Gasteiger partial charge on any atom is -0.492 e. The SMILES string of the molecule is Nc1cc2c(c(S(N)(=O)=O)c1)OCCC2. The molecule has 1 heterocycles. The maximum atomic E-state index is 11.3. The molecule has 0 radical (unpaired) electrons. The minimum atomic E-state index is -3.77. The van der Waals surface area contributed by atoms with Gasteiger partial charge in [0, 0.05) is 5.69 Å². The fourth-order valence-corrected chi connectivity index (χ4v) is 2.43. The van der Waals surface area contributed by atoms with Crippen LogP contribution in [0.4, 0.5) is 5.69 Å². The van der Waals surface area contributed by atoms with Crippen molar-refractivity contribution in [3.05, 3.63) is 17.7 Å². The summed E-state index contributed by atoms with van der Waals surface area (Å²) in [4.78, 5) is -0.0165. The lowest BCUT2D eigenvalue weighted by Crippen LogP contribution is -2.18. The summed E-state index contributed by atoms with van der Waals surface area (Å²) in [5, 5.41) is 5.09. The molecule has 0 aliphatic carbocycles. The van der Waals surface area contributed by atoms with E-state index in [-0.39, 0.29) is 4.90 Å². The first-order chi connectivity index (χ1) is 6.98. The summed E-state index contributed by atoms with van der Waals surface area (Å²) in [5.74, 6) is 0.359. The van der Waals surface area contributed by atoms with E-state index in [2.05, 4.69) is 0 Å². The van der Waals surface area contributed by atoms with Crippen LogP contribution in [0.5, 0.6) is 5.75 Å². The molecule has 0 amide bonds. The summed E-state index contributed by atoms with van der Waals surface area (Å²) in [6, 6.07) is 3.06. The van der Waals surface area contributed by atoms with Crippen LogP contribution in [0.3, 0.4) is 0 Å². The molecule has 15 heavy (non-hydrogen) atoms. The molecule has 6 heteroatoms. The molecule has 1 aliphatic heterocycles. The number of rotatable bonds is 1. The molecular formula is C9H12N2O3S. The van der Waals surface area contributed by atoms with Crippen LogP contribution in [-0.2, 0) is 16.4 Å². The van der Waals surface area contributed by atoms with Crippen LogP contribution < -0.4 is 15.6 Å². The molecule has 4 N–H and O–H groups in total. The van der Waals surface area contributed by atoms with Crippen LogP contribution in [0.2, 0.25) is 0 Å². The van der Waals surface area contributed by atoms with Crippen molar-refractivity contribution in [2.45, 2.75) is 17.7 Å². The number of sulfonamides is 1. The summed E-state index contributed by atoms with van der Waals surface area (Å²) in [6.07, 6.45) is 1.63. The van der Waals surface area contributed by atoms with E-state index < -0.39 is 10.0 Å². The second kappa shape index (κ2) is 3.39. The Bertz CT molecular complexity index is 496. The number of nitrogens with two attached hydrogens (primary N) is 2. The zero-order valence-electron chi connectivity index (χ0n) is 8.06. The Labute approximate surface area is 88.1 Å². The van der Waals surface area contributed by atoms with Crippen molar-refractivity contribution in [3.8, 4) is 5.75 Å². The number of benzene rings is 1. The highest BCUT2D eigenvalue weighted by atomic mass is 32.2. The molecule has 2 rings (SSSR count). The highest BCUT2D eigenvalue weighted by Crippen LogP contribution is 2.33. The second-order valence-corrected chi connectivity index (χ2v) is 5.03. The third-order valence-corrected chi connectivity index (χ3v) is 3.21. The van der Waals surface area contributed by atoms with Gasteiger partial charge in [-0.3, -0.25) is 0 Å². The molecule has 0 fully saturated rings. The van der Waals surface area contributed by atoms with Crippen molar-refractivity contribution in [1.82, 2.24) is 0 Å². The fourth-order valence-electron chi connectivity index (χ4n) is 1.68. The Balaban J connectivity index is 2.68. The van der Waals surface area contributed by atoms with E-state index in [1.807, 2.05) is 0 Å². The molecule has 1 aliphatic rings. The number of hydrogen-bond donors (Lipinski definition) is 2. The van der Waals surface area contributed by atoms with E-state index in [0.717, 1.165) is 18.4 Å². The first-order valence-corrected chi connectivity index (χ1v) is 6.11. The van der Waals surface area contributed by atoms with Crippen LogP contribution in [-0.4, -0.2) is 15.0 Å². The summed E-state index contributed by atoms with van der Waals surface area (Å²) in [6.45, 7) is 0.513. The van der Waals surface area contributed by atoms with Gasteiger partial charge in [0.1, 0.15) is 10.6 Å². The quantitative estimate of drug-likeness (QED) is 0.673. The molecule has 0 bridgehead atoms. The Hall–Kier alpha value is -1.27. The largest absolute Gasteiger partial charge is 0.492 e. The van der Waals surface area contributed by atoms with Gasteiger partial charge >= 0.3 is 0 Å². The molecule has 0 aromatic heterocycles. The van der Waals surface area contributed by atoms with Gasteiger partial charge in [0.15, 0.2) is 0 Å². The molecule has 1 aromatic rings. The standard InChI is InChI=1S/C9H12N2O3S/c10-7-4-6-2-1-3-14-9(6)8(5-7)15(11,12)13/h4-5H,1-3,10H2,(H2,11,12,13). The summed E-state index contributed by atoms with van der Waals surface area (Å²) in [7, 11) is -3.77. The minimum absolute atomic E-state index is 0.0165. The first-order valence-electron chi connectivity index (χ1n) is 4.56.